The van der Waals surface area contributed by atoms with E-state index in [0.29, 0.717) is 16.9 Å². The zero-order valence-electron chi connectivity index (χ0n) is 14.8. The molecule has 8 heteroatoms. The molecule has 0 saturated carbocycles. The van der Waals surface area contributed by atoms with E-state index in [1.807, 2.05) is 6.07 Å². The number of halogens is 1. The lowest BCUT2D eigenvalue weighted by atomic mass is 10.2. The van der Waals surface area contributed by atoms with Crippen LogP contribution in [0.5, 0.6) is 5.75 Å². The number of carbonyl (C=O) groups excluding carboxylic acids is 1. The van der Waals surface area contributed by atoms with Crippen molar-refractivity contribution < 1.29 is 17.9 Å². The molecule has 0 heterocycles. The van der Waals surface area contributed by atoms with E-state index in [1.54, 1.807) is 54.6 Å². The van der Waals surface area contributed by atoms with Crippen LogP contribution in [0.3, 0.4) is 0 Å². The molecule has 3 rings (SSSR count). The summed E-state index contributed by atoms with van der Waals surface area (Å²) in [5, 5.41) is 2.70. The Kier molecular flexibility index (Phi) is 6.01. The first-order valence-corrected chi connectivity index (χ1v) is 10.5. The van der Waals surface area contributed by atoms with Gasteiger partial charge in [0, 0.05) is 21.4 Å². The van der Waals surface area contributed by atoms with Gasteiger partial charge in [-0.3, -0.25) is 9.52 Å². The second kappa shape index (κ2) is 8.45. The molecule has 0 saturated heterocycles. The maximum Gasteiger partial charge on any atom is 0.265 e. The summed E-state index contributed by atoms with van der Waals surface area (Å²) in [6.45, 7) is 0. The van der Waals surface area contributed by atoms with Crippen molar-refractivity contribution >= 4 is 43.2 Å². The molecule has 2 N–H and O–H groups in total. The number of ether oxygens (including phenoxy) is 1. The minimum absolute atomic E-state index is 0.0798. The summed E-state index contributed by atoms with van der Waals surface area (Å²) in [6.07, 6.45) is 0. The molecular weight excluding hydrogens is 444 g/mol. The van der Waals surface area contributed by atoms with Gasteiger partial charge in [-0.1, -0.05) is 34.1 Å². The summed E-state index contributed by atoms with van der Waals surface area (Å²) in [5.41, 5.74) is 1.21. The molecule has 0 atom stereocenters. The summed E-state index contributed by atoms with van der Waals surface area (Å²) in [4.78, 5) is 12.3. The third kappa shape index (κ3) is 4.71. The van der Waals surface area contributed by atoms with Crippen molar-refractivity contribution in [2.45, 2.75) is 4.90 Å². The van der Waals surface area contributed by atoms with Gasteiger partial charge in [0.25, 0.3) is 15.9 Å². The zero-order valence-corrected chi connectivity index (χ0v) is 17.2. The molecule has 0 radical (unpaired) electrons. The molecule has 0 aliphatic heterocycles. The van der Waals surface area contributed by atoms with Crippen molar-refractivity contribution in [3.05, 3.63) is 82.8 Å². The highest BCUT2D eigenvalue weighted by molar-refractivity contribution is 9.10. The molecular formula is C20H17BrN2O4S. The highest BCUT2D eigenvalue weighted by Crippen LogP contribution is 2.29. The molecule has 0 spiro atoms. The lowest BCUT2D eigenvalue weighted by molar-refractivity contribution is 0.102. The number of nitrogens with one attached hydrogen (secondary N) is 2. The lowest BCUT2D eigenvalue weighted by Gasteiger charge is -2.14. The summed E-state index contributed by atoms with van der Waals surface area (Å²) in [5.74, 6) is -0.169. The van der Waals surface area contributed by atoms with Crippen molar-refractivity contribution in [3.8, 4) is 5.75 Å². The highest BCUT2D eigenvalue weighted by Gasteiger charge is 2.21. The maximum absolute atomic E-state index is 12.9. The molecule has 3 aromatic carbocycles. The first kappa shape index (κ1) is 19.9. The van der Waals surface area contributed by atoms with Crippen LogP contribution in [0.15, 0.2) is 82.2 Å². The fraction of sp³-hybridized carbons (Fsp3) is 0.0500. The SMILES string of the molecule is COc1ccc(NC(=O)c2ccccc2)cc1S(=O)(=O)Nc1ccc(Br)cc1. The monoisotopic (exact) mass is 460 g/mol. The van der Waals surface area contributed by atoms with Crippen LogP contribution in [-0.4, -0.2) is 21.4 Å². The molecule has 28 heavy (non-hydrogen) atoms. The van der Waals surface area contributed by atoms with Crippen molar-refractivity contribution in [2.75, 3.05) is 17.1 Å². The predicted molar refractivity (Wildman–Crippen MR) is 112 cm³/mol. The average molecular weight is 461 g/mol. The largest absolute Gasteiger partial charge is 0.495 e. The van der Waals surface area contributed by atoms with Crippen LogP contribution in [0.4, 0.5) is 11.4 Å². The molecule has 0 unspecified atom stereocenters. The summed E-state index contributed by atoms with van der Waals surface area (Å²) >= 11 is 3.31. The van der Waals surface area contributed by atoms with Gasteiger partial charge in [-0.2, -0.15) is 0 Å². The Morgan fingerprint density at radius 3 is 2.21 bits per heavy atom. The number of carbonyl (C=O) groups is 1. The van der Waals surface area contributed by atoms with Crippen molar-refractivity contribution in [2.24, 2.45) is 0 Å². The minimum Gasteiger partial charge on any atom is -0.495 e. The van der Waals surface area contributed by atoms with E-state index in [0.717, 1.165) is 4.47 Å². The molecule has 0 aromatic heterocycles. The first-order valence-electron chi connectivity index (χ1n) is 8.22. The van der Waals surface area contributed by atoms with Gasteiger partial charge in [0.1, 0.15) is 10.6 Å². The van der Waals surface area contributed by atoms with Crippen LogP contribution in [0, 0.1) is 0 Å². The summed E-state index contributed by atoms with van der Waals surface area (Å²) < 4.78 is 34.3. The second-order valence-electron chi connectivity index (χ2n) is 5.80. The number of anilines is 2. The number of sulfonamides is 1. The Morgan fingerprint density at radius 2 is 1.57 bits per heavy atom. The number of benzene rings is 3. The van der Waals surface area contributed by atoms with Crippen molar-refractivity contribution in [1.82, 2.24) is 0 Å². The molecule has 0 bridgehead atoms. The molecule has 0 aliphatic carbocycles. The highest BCUT2D eigenvalue weighted by atomic mass is 79.9. The molecule has 0 aliphatic rings. The van der Waals surface area contributed by atoms with Gasteiger partial charge in [0.05, 0.1) is 7.11 Å². The number of amides is 1. The maximum atomic E-state index is 12.9. The van der Waals surface area contributed by atoms with Gasteiger partial charge >= 0.3 is 0 Å². The lowest BCUT2D eigenvalue weighted by Crippen LogP contribution is -2.16. The van der Waals surface area contributed by atoms with Gasteiger partial charge in [-0.05, 0) is 54.6 Å². The van der Waals surface area contributed by atoms with Gasteiger partial charge in [0.2, 0.25) is 0 Å². The Hall–Kier alpha value is -2.84. The van der Waals surface area contributed by atoms with E-state index >= 15 is 0 Å². The fourth-order valence-electron chi connectivity index (χ4n) is 2.49. The normalized spacial score (nSPS) is 10.9. The Labute approximate surface area is 171 Å². The standard InChI is InChI=1S/C20H17BrN2O4S/c1-27-18-12-11-17(22-20(24)14-5-3-2-4-6-14)13-19(18)28(25,26)23-16-9-7-15(21)8-10-16/h2-13,23H,1H3,(H,22,24). The molecule has 3 aromatic rings. The number of rotatable bonds is 6. The quantitative estimate of drug-likeness (QED) is 0.566. The molecule has 144 valence electrons. The van der Waals surface area contributed by atoms with E-state index in [-0.39, 0.29) is 16.6 Å². The third-order valence-corrected chi connectivity index (χ3v) is 5.77. The number of hydrogen-bond donors (Lipinski definition) is 2. The van der Waals surface area contributed by atoms with Crippen LogP contribution in [0.2, 0.25) is 0 Å². The van der Waals surface area contributed by atoms with Crippen LogP contribution in [0.1, 0.15) is 10.4 Å². The van der Waals surface area contributed by atoms with Gasteiger partial charge in [0.15, 0.2) is 0 Å². The van der Waals surface area contributed by atoms with Crippen molar-refractivity contribution in [3.63, 3.8) is 0 Å². The Balaban J connectivity index is 1.90. The van der Waals surface area contributed by atoms with Gasteiger partial charge < -0.3 is 10.1 Å². The fourth-order valence-corrected chi connectivity index (χ4v) is 4.00. The molecule has 0 fully saturated rings. The van der Waals surface area contributed by atoms with E-state index < -0.39 is 10.0 Å². The molecule has 1 amide bonds. The second-order valence-corrected chi connectivity index (χ2v) is 8.36. The van der Waals surface area contributed by atoms with Crippen LogP contribution >= 0.6 is 15.9 Å². The van der Waals surface area contributed by atoms with Gasteiger partial charge in [-0.25, -0.2) is 8.42 Å². The average Bonchev–Trinajstić information content (AvgIpc) is 2.70. The van der Waals surface area contributed by atoms with Crippen LogP contribution in [0.25, 0.3) is 0 Å². The third-order valence-electron chi connectivity index (χ3n) is 3.84. The Bertz CT molecular complexity index is 1080. The van der Waals surface area contributed by atoms with Crippen molar-refractivity contribution in [1.29, 1.82) is 0 Å². The van der Waals surface area contributed by atoms with Crippen LogP contribution in [-0.2, 0) is 10.0 Å². The topological polar surface area (TPSA) is 84.5 Å². The van der Waals surface area contributed by atoms with E-state index in [4.69, 9.17) is 4.74 Å². The van der Waals surface area contributed by atoms with E-state index in [9.17, 15) is 13.2 Å². The van der Waals surface area contributed by atoms with E-state index in [1.165, 1.54) is 19.2 Å². The Morgan fingerprint density at radius 1 is 0.929 bits per heavy atom. The van der Waals surface area contributed by atoms with E-state index in [2.05, 4.69) is 26.0 Å². The first-order chi connectivity index (χ1) is 13.4. The van der Waals surface area contributed by atoms with Crippen LogP contribution < -0.4 is 14.8 Å². The minimum atomic E-state index is -3.93. The number of methoxy groups -OCH3 is 1. The van der Waals surface area contributed by atoms with Gasteiger partial charge in [-0.15, -0.1) is 0 Å². The smallest absolute Gasteiger partial charge is 0.265 e. The molecule has 6 nitrogen and oxygen atoms in total. The summed E-state index contributed by atoms with van der Waals surface area (Å²) in [6, 6.07) is 19.8. The number of hydrogen-bond acceptors (Lipinski definition) is 4. The summed E-state index contributed by atoms with van der Waals surface area (Å²) in [7, 11) is -2.55. The zero-order chi connectivity index (χ0) is 20.1. The predicted octanol–water partition coefficient (Wildman–Crippen LogP) is 4.51.